The second-order valence-electron chi connectivity index (χ2n) is 4.82. The number of hydrogen-bond acceptors (Lipinski definition) is 7. The zero-order valence-corrected chi connectivity index (χ0v) is 12.1. The van der Waals surface area contributed by atoms with Crippen LogP contribution in [-0.2, 0) is 9.53 Å². The van der Waals surface area contributed by atoms with Crippen molar-refractivity contribution in [3.8, 4) is 11.5 Å². The average Bonchev–Trinajstić information content (AvgIpc) is 2.44. The fraction of sp³-hybridized carbons (Fsp3) is 0.462. The number of carbonyl (C=O) groups is 1. The van der Waals surface area contributed by atoms with Crippen LogP contribution in [0.15, 0.2) is 18.2 Å². The van der Waals surface area contributed by atoms with Crippen molar-refractivity contribution >= 4 is 11.7 Å². The van der Waals surface area contributed by atoms with Crippen molar-refractivity contribution < 1.29 is 23.9 Å². The SMILES string of the molecule is COc1cc([N+](=O)[O-])ccc1OCC(C)(C)OC(=O)CN. The molecule has 0 amide bonds. The summed E-state index contributed by atoms with van der Waals surface area (Å²) in [5.41, 5.74) is 4.19. The fourth-order valence-electron chi connectivity index (χ4n) is 1.52. The topological polar surface area (TPSA) is 114 Å². The number of nitrogens with two attached hydrogens (primary N) is 1. The molecule has 8 heteroatoms. The Bertz CT molecular complexity index is 529. The van der Waals surface area contributed by atoms with Crippen LogP contribution in [-0.4, -0.2) is 36.8 Å². The summed E-state index contributed by atoms with van der Waals surface area (Å²) in [4.78, 5) is 21.3. The standard InChI is InChI=1S/C13H18N2O6/c1-13(2,21-12(16)7-14)8-20-10-5-4-9(15(17)18)6-11(10)19-3/h4-6H,7-8,14H2,1-3H3. The molecule has 0 radical (unpaired) electrons. The maximum atomic E-state index is 11.2. The normalized spacial score (nSPS) is 10.9. The minimum Gasteiger partial charge on any atom is -0.493 e. The van der Waals surface area contributed by atoms with Crippen LogP contribution < -0.4 is 15.2 Å². The molecule has 0 heterocycles. The summed E-state index contributed by atoms with van der Waals surface area (Å²) >= 11 is 0. The van der Waals surface area contributed by atoms with E-state index in [4.69, 9.17) is 19.9 Å². The third kappa shape index (κ3) is 4.92. The number of nitro benzene ring substituents is 1. The van der Waals surface area contributed by atoms with E-state index in [9.17, 15) is 14.9 Å². The highest BCUT2D eigenvalue weighted by Gasteiger charge is 2.24. The molecule has 0 aliphatic heterocycles. The smallest absolute Gasteiger partial charge is 0.320 e. The molecule has 0 atom stereocenters. The fourth-order valence-corrected chi connectivity index (χ4v) is 1.52. The summed E-state index contributed by atoms with van der Waals surface area (Å²) in [5, 5.41) is 10.7. The van der Waals surface area contributed by atoms with E-state index in [0.29, 0.717) is 5.75 Å². The van der Waals surface area contributed by atoms with E-state index in [1.54, 1.807) is 13.8 Å². The van der Waals surface area contributed by atoms with Gasteiger partial charge in [0.2, 0.25) is 0 Å². The van der Waals surface area contributed by atoms with Gasteiger partial charge in [-0.1, -0.05) is 0 Å². The molecule has 0 saturated heterocycles. The van der Waals surface area contributed by atoms with Crippen molar-refractivity contribution in [2.45, 2.75) is 19.4 Å². The molecule has 2 N–H and O–H groups in total. The molecule has 0 fully saturated rings. The predicted molar refractivity (Wildman–Crippen MR) is 74.4 cm³/mol. The van der Waals surface area contributed by atoms with Crippen molar-refractivity contribution in [2.75, 3.05) is 20.3 Å². The van der Waals surface area contributed by atoms with Crippen LogP contribution in [0, 0.1) is 10.1 Å². The molecule has 1 aromatic rings. The van der Waals surface area contributed by atoms with Crippen LogP contribution in [0.4, 0.5) is 5.69 Å². The molecule has 1 rings (SSSR count). The Hall–Kier alpha value is -2.35. The minimum atomic E-state index is -0.886. The summed E-state index contributed by atoms with van der Waals surface area (Å²) in [6.45, 7) is 3.16. The van der Waals surface area contributed by atoms with Crippen molar-refractivity contribution in [2.24, 2.45) is 5.73 Å². The molecule has 0 aliphatic rings. The number of nitro groups is 1. The molecule has 1 aromatic carbocycles. The molecule has 21 heavy (non-hydrogen) atoms. The van der Waals surface area contributed by atoms with Crippen LogP contribution in [0.1, 0.15) is 13.8 Å². The zero-order valence-electron chi connectivity index (χ0n) is 12.1. The minimum absolute atomic E-state index is 0.0485. The number of nitrogens with zero attached hydrogens (tertiary/aromatic N) is 1. The molecule has 8 nitrogen and oxygen atoms in total. The van der Waals surface area contributed by atoms with Gasteiger partial charge in [-0.15, -0.1) is 0 Å². The first kappa shape index (κ1) is 16.7. The summed E-state index contributed by atoms with van der Waals surface area (Å²) in [6.07, 6.45) is 0. The number of methoxy groups -OCH3 is 1. The first-order valence-corrected chi connectivity index (χ1v) is 6.16. The third-order valence-electron chi connectivity index (χ3n) is 2.49. The largest absolute Gasteiger partial charge is 0.493 e. The number of rotatable bonds is 7. The molecular formula is C13H18N2O6. The van der Waals surface area contributed by atoms with Gasteiger partial charge < -0.3 is 19.9 Å². The van der Waals surface area contributed by atoms with Crippen LogP contribution in [0.5, 0.6) is 11.5 Å². The van der Waals surface area contributed by atoms with Gasteiger partial charge in [-0.05, 0) is 19.9 Å². The highest BCUT2D eigenvalue weighted by molar-refractivity contribution is 5.71. The van der Waals surface area contributed by atoms with Gasteiger partial charge in [0.15, 0.2) is 11.5 Å². The molecule has 0 unspecified atom stereocenters. The van der Waals surface area contributed by atoms with Gasteiger partial charge in [0.05, 0.1) is 24.6 Å². The van der Waals surface area contributed by atoms with Crippen LogP contribution >= 0.6 is 0 Å². The Kier molecular flexibility index (Phi) is 5.48. The quantitative estimate of drug-likeness (QED) is 0.458. The molecule has 0 bridgehead atoms. The van der Waals surface area contributed by atoms with Crippen molar-refractivity contribution in [3.05, 3.63) is 28.3 Å². The number of esters is 1. The number of non-ortho nitro benzene ring substituents is 1. The highest BCUT2D eigenvalue weighted by Crippen LogP contribution is 2.31. The Balaban J connectivity index is 2.79. The second-order valence-corrected chi connectivity index (χ2v) is 4.82. The first-order valence-electron chi connectivity index (χ1n) is 6.16. The van der Waals surface area contributed by atoms with E-state index < -0.39 is 16.5 Å². The lowest BCUT2D eigenvalue weighted by Gasteiger charge is -2.25. The molecule has 0 aromatic heterocycles. The van der Waals surface area contributed by atoms with Crippen molar-refractivity contribution in [1.29, 1.82) is 0 Å². The van der Waals surface area contributed by atoms with E-state index in [0.717, 1.165) is 0 Å². The predicted octanol–water partition coefficient (Wildman–Crippen LogP) is 1.26. The van der Waals surface area contributed by atoms with Crippen LogP contribution in [0.2, 0.25) is 0 Å². The van der Waals surface area contributed by atoms with E-state index >= 15 is 0 Å². The van der Waals surface area contributed by atoms with E-state index in [1.165, 1.54) is 25.3 Å². The van der Waals surface area contributed by atoms with E-state index in [2.05, 4.69) is 0 Å². The molecular weight excluding hydrogens is 280 g/mol. The average molecular weight is 298 g/mol. The number of carbonyl (C=O) groups excluding carboxylic acids is 1. The molecule has 116 valence electrons. The van der Waals surface area contributed by atoms with Crippen LogP contribution in [0.25, 0.3) is 0 Å². The molecule has 0 saturated carbocycles. The van der Waals surface area contributed by atoms with Gasteiger partial charge in [-0.25, -0.2) is 0 Å². The number of ether oxygens (including phenoxy) is 3. The number of hydrogen-bond donors (Lipinski definition) is 1. The molecule has 0 spiro atoms. The van der Waals surface area contributed by atoms with Gasteiger partial charge in [0.1, 0.15) is 12.2 Å². The maximum absolute atomic E-state index is 11.2. The lowest BCUT2D eigenvalue weighted by atomic mass is 10.1. The van der Waals surface area contributed by atoms with Crippen LogP contribution in [0.3, 0.4) is 0 Å². The maximum Gasteiger partial charge on any atom is 0.320 e. The van der Waals surface area contributed by atoms with Gasteiger partial charge in [0.25, 0.3) is 5.69 Å². The monoisotopic (exact) mass is 298 g/mol. The van der Waals surface area contributed by atoms with E-state index in [1.807, 2.05) is 0 Å². The second kappa shape index (κ2) is 6.89. The lowest BCUT2D eigenvalue weighted by molar-refractivity contribution is -0.385. The van der Waals surface area contributed by atoms with Gasteiger partial charge >= 0.3 is 5.97 Å². The first-order chi connectivity index (χ1) is 9.79. The van der Waals surface area contributed by atoms with Crippen molar-refractivity contribution in [3.63, 3.8) is 0 Å². The summed E-state index contributed by atoms with van der Waals surface area (Å²) in [5.74, 6) is 0.00406. The highest BCUT2D eigenvalue weighted by atomic mass is 16.6. The zero-order chi connectivity index (χ0) is 16.0. The van der Waals surface area contributed by atoms with Crippen molar-refractivity contribution in [1.82, 2.24) is 0 Å². The van der Waals surface area contributed by atoms with Gasteiger partial charge in [0, 0.05) is 6.07 Å². The number of benzene rings is 1. The Labute approximate surface area is 121 Å². The summed E-state index contributed by atoms with van der Waals surface area (Å²) in [7, 11) is 1.38. The third-order valence-corrected chi connectivity index (χ3v) is 2.49. The van der Waals surface area contributed by atoms with Gasteiger partial charge in [-0.2, -0.15) is 0 Å². The lowest BCUT2D eigenvalue weighted by Crippen LogP contribution is -2.37. The molecule has 0 aliphatic carbocycles. The Morgan fingerprint density at radius 2 is 2.05 bits per heavy atom. The summed E-state index contributed by atoms with van der Waals surface area (Å²) < 4.78 is 15.7. The van der Waals surface area contributed by atoms with Gasteiger partial charge in [-0.3, -0.25) is 14.9 Å². The summed E-state index contributed by atoms with van der Waals surface area (Å²) in [6, 6.07) is 3.99. The van der Waals surface area contributed by atoms with E-state index in [-0.39, 0.29) is 24.6 Å². The Morgan fingerprint density at radius 3 is 2.57 bits per heavy atom. The Morgan fingerprint density at radius 1 is 1.38 bits per heavy atom.